The van der Waals surface area contributed by atoms with Crippen LogP contribution >= 0.6 is 11.6 Å². The van der Waals surface area contributed by atoms with E-state index in [9.17, 15) is 14.0 Å². The second-order valence-electron chi connectivity index (χ2n) is 5.62. The van der Waals surface area contributed by atoms with Crippen molar-refractivity contribution in [1.82, 2.24) is 10.2 Å². The number of nitrogens with zero attached hydrogens (tertiary/aromatic N) is 1. The van der Waals surface area contributed by atoms with E-state index in [4.69, 9.17) is 11.6 Å². The third kappa shape index (κ3) is 3.41. The summed E-state index contributed by atoms with van der Waals surface area (Å²) in [6, 6.07) is 12.8. The van der Waals surface area contributed by atoms with Gasteiger partial charge in [0.05, 0.1) is 5.02 Å². The fourth-order valence-corrected chi connectivity index (χ4v) is 2.91. The number of benzene rings is 2. The first kappa shape index (κ1) is 16.5. The molecule has 2 aromatic carbocycles. The Kier molecular flexibility index (Phi) is 4.81. The van der Waals surface area contributed by atoms with Gasteiger partial charge in [0.15, 0.2) is 0 Å². The van der Waals surface area contributed by atoms with Gasteiger partial charge in [-0.15, -0.1) is 0 Å². The summed E-state index contributed by atoms with van der Waals surface area (Å²) in [6.07, 6.45) is 0.411. The number of hydrogen-bond donors (Lipinski definition) is 1. The first-order valence-corrected chi connectivity index (χ1v) is 8.01. The molecule has 1 saturated heterocycles. The van der Waals surface area contributed by atoms with E-state index in [1.165, 1.54) is 17.0 Å². The predicted octanol–water partition coefficient (Wildman–Crippen LogP) is 2.66. The molecule has 4 nitrogen and oxygen atoms in total. The smallest absolute Gasteiger partial charge is 0.254 e. The van der Waals surface area contributed by atoms with Crippen LogP contribution in [0.5, 0.6) is 0 Å². The Balaban J connectivity index is 1.86. The predicted molar refractivity (Wildman–Crippen MR) is 89.4 cm³/mol. The second kappa shape index (κ2) is 7.01. The topological polar surface area (TPSA) is 49.4 Å². The van der Waals surface area contributed by atoms with Crippen molar-refractivity contribution < 1.29 is 14.0 Å². The zero-order valence-electron chi connectivity index (χ0n) is 12.8. The molecule has 0 saturated carbocycles. The quantitative estimate of drug-likeness (QED) is 0.929. The first-order valence-electron chi connectivity index (χ1n) is 7.64. The third-order valence-electron chi connectivity index (χ3n) is 4.03. The highest BCUT2D eigenvalue weighted by Gasteiger charge is 2.33. The van der Waals surface area contributed by atoms with Gasteiger partial charge in [-0.25, -0.2) is 4.39 Å². The summed E-state index contributed by atoms with van der Waals surface area (Å²) in [4.78, 5) is 26.5. The minimum atomic E-state index is -0.649. The van der Waals surface area contributed by atoms with Crippen LogP contribution in [0.15, 0.2) is 48.5 Å². The number of hydrogen-bond acceptors (Lipinski definition) is 2. The number of amides is 2. The van der Waals surface area contributed by atoms with Gasteiger partial charge in [-0.2, -0.15) is 0 Å². The molecule has 0 aromatic heterocycles. The van der Waals surface area contributed by atoms with Crippen LogP contribution in [0.3, 0.4) is 0 Å². The third-order valence-corrected chi connectivity index (χ3v) is 4.34. The Hall–Kier alpha value is -2.40. The van der Waals surface area contributed by atoms with Gasteiger partial charge in [0, 0.05) is 25.1 Å². The lowest BCUT2D eigenvalue weighted by Gasteiger charge is -2.35. The molecule has 3 rings (SSSR count). The molecule has 2 amide bonds. The van der Waals surface area contributed by atoms with Crippen molar-refractivity contribution in [1.29, 1.82) is 0 Å². The van der Waals surface area contributed by atoms with Gasteiger partial charge < -0.3 is 10.2 Å². The zero-order chi connectivity index (χ0) is 17.1. The highest BCUT2D eigenvalue weighted by atomic mass is 35.5. The maximum atomic E-state index is 13.6. The Morgan fingerprint density at radius 1 is 1.25 bits per heavy atom. The molecule has 1 aliphatic rings. The molecule has 0 spiro atoms. The highest BCUT2D eigenvalue weighted by molar-refractivity contribution is 6.30. The molecule has 1 N–H and O–H groups in total. The summed E-state index contributed by atoms with van der Waals surface area (Å²) in [5.41, 5.74) is 1.14. The normalized spacial score (nSPS) is 17.5. The first-order chi connectivity index (χ1) is 11.6. The van der Waals surface area contributed by atoms with E-state index < -0.39 is 11.9 Å². The van der Waals surface area contributed by atoms with Crippen LogP contribution in [0, 0.1) is 5.82 Å². The lowest BCUT2D eigenvalue weighted by molar-refractivity contribution is -0.127. The Morgan fingerprint density at radius 2 is 2.00 bits per heavy atom. The molecule has 1 heterocycles. The molecule has 0 radical (unpaired) electrons. The summed E-state index contributed by atoms with van der Waals surface area (Å²) in [7, 11) is 0. The molecule has 2 aromatic rings. The summed E-state index contributed by atoms with van der Waals surface area (Å²) in [5.74, 6) is -1.22. The van der Waals surface area contributed by atoms with Crippen molar-refractivity contribution in [2.75, 3.05) is 13.1 Å². The van der Waals surface area contributed by atoms with Crippen molar-refractivity contribution in [2.45, 2.75) is 12.5 Å². The fourth-order valence-electron chi connectivity index (χ4n) is 2.79. The van der Waals surface area contributed by atoms with Gasteiger partial charge in [-0.1, -0.05) is 41.9 Å². The van der Waals surface area contributed by atoms with Crippen molar-refractivity contribution in [3.05, 3.63) is 70.5 Å². The van der Waals surface area contributed by atoms with E-state index in [0.29, 0.717) is 19.5 Å². The Bertz CT molecular complexity index is 767. The monoisotopic (exact) mass is 346 g/mol. The summed E-state index contributed by atoms with van der Waals surface area (Å²) < 4.78 is 13.6. The maximum absolute atomic E-state index is 13.6. The van der Waals surface area contributed by atoms with Crippen molar-refractivity contribution in [3.63, 3.8) is 0 Å². The Labute approximate surface area is 144 Å². The van der Waals surface area contributed by atoms with Crippen molar-refractivity contribution in [2.24, 2.45) is 0 Å². The minimum absolute atomic E-state index is 0.0382. The van der Waals surface area contributed by atoms with E-state index in [-0.39, 0.29) is 22.4 Å². The Morgan fingerprint density at radius 3 is 2.71 bits per heavy atom. The molecule has 6 heteroatoms. The minimum Gasteiger partial charge on any atom is -0.353 e. The molecule has 0 bridgehead atoms. The van der Waals surface area contributed by atoms with E-state index in [0.717, 1.165) is 11.6 Å². The van der Waals surface area contributed by atoms with Gasteiger partial charge in [0.2, 0.25) is 5.91 Å². The van der Waals surface area contributed by atoms with Crippen LogP contribution in [0.2, 0.25) is 5.02 Å². The van der Waals surface area contributed by atoms with Gasteiger partial charge in [0.25, 0.3) is 5.91 Å². The average molecular weight is 347 g/mol. The van der Waals surface area contributed by atoms with Crippen molar-refractivity contribution >= 4 is 23.4 Å². The van der Waals surface area contributed by atoms with Crippen LogP contribution in [0.25, 0.3) is 0 Å². The van der Waals surface area contributed by atoms with E-state index in [1.54, 1.807) is 0 Å². The standard InChI is InChI=1S/C18H16ClFN2O2/c19-14-7-6-13(11-15(14)20)18(24)22-9-8-21-17(23)16(22)10-12-4-2-1-3-5-12/h1-7,11,16H,8-10H2,(H,21,23)/t16-/m0/s1. The SMILES string of the molecule is O=C1NCCN(C(=O)c2ccc(Cl)c(F)c2)[C@H]1Cc1ccccc1. The lowest BCUT2D eigenvalue weighted by Crippen LogP contribution is -2.58. The molecule has 0 aliphatic carbocycles. The van der Waals surface area contributed by atoms with E-state index in [2.05, 4.69) is 5.32 Å². The molecule has 124 valence electrons. The average Bonchev–Trinajstić information content (AvgIpc) is 2.59. The van der Waals surface area contributed by atoms with Gasteiger partial charge in [-0.05, 0) is 23.8 Å². The van der Waals surface area contributed by atoms with Crippen LogP contribution in [0.4, 0.5) is 4.39 Å². The van der Waals surface area contributed by atoms with Gasteiger partial charge in [-0.3, -0.25) is 9.59 Å². The van der Waals surface area contributed by atoms with Crippen LogP contribution in [-0.2, 0) is 11.2 Å². The van der Waals surface area contributed by atoms with Crippen LogP contribution in [-0.4, -0.2) is 35.8 Å². The van der Waals surface area contributed by atoms with Crippen LogP contribution in [0.1, 0.15) is 15.9 Å². The second-order valence-corrected chi connectivity index (χ2v) is 6.03. The van der Waals surface area contributed by atoms with Crippen LogP contribution < -0.4 is 5.32 Å². The molecule has 0 unspecified atom stereocenters. The number of piperazine rings is 1. The summed E-state index contributed by atoms with van der Waals surface area (Å²) in [5, 5.41) is 2.74. The fraction of sp³-hybridized carbons (Fsp3) is 0.222. The zero-order valence-corrected chi connectivity index (χ0v) is 13.6. The molecular weight excluding hydrogens is 331 g/mol. The molecular formula is C18H16ClFN2O2. The number of carbonyl (C=O) groups excluding carboxylic acids is 2. The largest absolute Gasteiger partial charge is 0.353 e. The molecule has 1 aliphatic heterocycles. The number of carbonyl (C=O) groups is 2. The van der Waals surface area contributed by atoms with E-state index in [1.807, 2.05) is 30.3 Å². The molecule has 24 heavy (non-hydrogen) atoms. The summed E-state index contributed by atoms with van der Waals surface area (Å²) >= 11 is 5.67. The number of halogens is 2. The summed E-state index contributed by atoms with van der Waals surface area (Å²) in [6.45, 7) is 0.762. The van der Waals surface area contributed by atoms with Crippen molar-refractivity contribution in [3.8, 4) is 0 Å². The van der Waals surface area contributed by atoms with Gasteiger partial charge >= 0.3 is 0 Å². The van der Waals surface area contributed by atoms with E-state index >= 15 is 0 Å². The lowest BCUT2D eigenvalue weighted by atomic mass is 10.0. The molecule has 1 fully saturated rings. The maximum Gasteiger partial charge on any atom is 0.254 e. The number of nitrogens with one attached hydrogen (secondary N) is 1. The highest BCUT2D eigenvalue weighted by Crippen LogP contribution is 2.19. The number of rotatable bonds is 3. The molecule has 1 atom stereocenters. The van der Waals surface area contributed by atoms with Gasteiger partial charge in [0.1, 0.15) is 11.9 Å².